The SMILES string of the molecule is N=C(N)c1ccc(N2CC(CN3CCCCC3C(=O)OCc3ccccc3)OC2=O)cc1. The van der Waals surface area contributed by atoms with Crippen molar-refractivity contribution in [3.63, 3.8) is 0 Å². The van der Waals surface area contributed by atoms with Gasteiger partial charge in [-0.05, 0) is 49.2 Å². The Morgan fingerprint density at radius 3 is 2.59 bits per heavy atom. The van der Waals surface area contributed by atoms with Crippen LogP contribution >= 0.6 is 0 Å². The molecule has 0 aromatic heterocycles. The van der Waals surface area contributed by atoms with Gasteiger partial charge in [-0.15, -0.1) is 0 Å². The van der Waals surface area contributed by atoms with Crippen LogP contribution in [0.15, 0.2) is 54.6 Å². The van der Waals surface area contributed by atoms with Crippen LogP contribution in [0, 0.1) is 5.41 Å². The van der Waals surface area contributed by atoms with Crippen molar-refractivity contribution in [2.75, 3.05) is 24.5 Å². The van der Waals surface area contributed by atoms with Gasteiger partial charge >= 0.3 is 12.1 Å². The number of hydrogen-bond donors (Lipinski definition) is 2. The lowest BCUT2D eigenvalue weighted by Crippen LogP contribution is -2.49. The summed E-state index contributed by atoms with van der Waals surface area (Å²) < 4.78 is 11.2. The number of ether oxygens (including phenoxy) is 2. The van der Waals surface area contributed by atoms with Gasteiger partial charge < -0.3 is 15.2 Å². The quantitative estimate of drug-likeness (QED) is 0.392. The summed E-state index contributed by atoms with van der Waals surface area (Å²) in [5.74, 6) is -0.247. The Bertz CT molecular complexity index is 964. The largest absolute Gasteiger partial charge is 0.460 e. The Balaban J connectivity index is 1.36. The number of nitrogens with two attached hydrogens (primary N) is 1. The number of nitrogens with one attached hydrogen (secondary N) is 1. The Morgan fingerprint density at radius 1 is 1.12 bits per heavy atom. The summed E-state index contributed by atoms with van der Waals surface area (Å²) in [6, 6.07) is 16.2. The van der Waals surface area contributed by atoms with Crippen LogP contribution in [0.5, 0.6) is 0 Å². The molecule has 2 aromatic carbocycles. The first-order valence-electron chi connectivity index (χ1n) is 10.9. The van der Waals surface area contributed by atoms with E-state index < -0.39 is 6.09 Å². The zero-order chi connectivity index (χ0) is 22.5. The van der Waals surface area contributed by atoms with Crippen molar-refractivity contribution in [3.05, 3.63) is 65.7 Å². The van der Waals surface area contributed by atoms with Crippen LogP contribution in [-0.2, 0) is 20.9 Å². The van der Waals surface area contributed by atoms with Gasteiger partial charge in [0.15, 0.2) is 0 Å². The summed E-state index contributed by atoms with van der Waals surface area (Å²) in [5, 5.41) is 7.49. The molecule has 168 valence electrons. The lowest BCUT2D eigenvalue weighted by Gasteiger charge is -2.34. The van der Waals surface area contributed by atoms with E-state index in [1.54, 1.807) is 29.2 Å². The van der Waals surface area contributed by atoms with Crippen molar-refractivity contribution in [1.29, 1.82) is 5.41 Å². The lowest BCUT2D eigenvalue weighted by atomic mass is 10.0. The average molecular weight is 437 g/mol. The van der Waals surface area contributed by atoms with E-state index in [9.17, 15) is 9.59 Å². The van der Waals surface area contributed by atoms with E-state index in [0.29, 0.717) is 24.3 Å². The number of cyclic esters (lactones) is 1. The first kappa shape index (κ1) is 21.8. The number of carbonyl (C=O) groups is 2. The Morgan fingerprint density at radius 2 is 1.88 bits per heavy atom. The maximum Gasteiger partial charge on any atom is 0.414 e. The summed E-state index contributed by atoms with van der Waals surface area (Å²) in [5.41, 5.74) is 7.75. The number of nitrogen functional groups attached to an aromatic ring is 1. The molecule has 0 spiro atoms. The second-order valence-electron chi connectivity index (χ2n) is 8.18. The van der Waals surface area contributed by atoms with E-state index in [2.05, 4.69) is 4.90 Å². The highest BCUT2D eigenvalue weighted by atomic mass is 16.6. The maximum absolute atomic E-state index is 12.8. The van der Waals surface area contributed by atoms with E-state index >= 15 is 0 Å². The topological polar surface area (TPSA) is 109 Å². The molecule has 8 nitrogen and oxygen atoms in total. The molecule has 2 aromatic rings. The smallest absolute Gasteiger partial charge is 0.414 e. The highest BCUT2D eigenvalue weighted by molar-refractivity contribution is 5.96. The third-order valence-electron chi connectivity index (χ3n) is 5.91. The van der Waals surface area contributed by atoms with Gasteiger partial charge in [-0.2, -0.15) is 0 Å². The van der Waals surface area contributed by atoms with Gasteiger partial charge in [0, 0.05) is 17.8 Å². The number of hydrogen-bond acceptors (Lipinski definition) is 6. The van der Waals surface area contributed by atoms with Gasteiger partial charge in [-0.1, -0.05) is 36.8 Å². The van der Waals surface area contributed by atoms with Crippen LogP contribution in [0.1, 0.15) is 30.4 Å². The van der Waals surface area contributed by atoms with Crippen LogP contribution in [0.25, 0.3) is 0 Å². The molecule has 2 heterocycles. The molecule has 2 saturated heterocycles. The van der Waals surface area contributed by atoms with E-state index in [1.165, 1.54) is 0 Å². The van der Waals surface area contributed by atoms with Crippen molar-refractivity contribution in [1.82, 2.24) is 4.90 Å². The van der Waals surface area contributed by atoms with E-state index in [1.807, 2.05) is 30.3 Å². The molecule has 0 bridgehead atoms. The van der Waals surface area contributed by atoms with Gasteiger partial charge in [0.1, 0.15) is 24.6 Å². The van der Waals surface area contributed by atoms with Crippen LogP contribution in [0.4, 0.5) is 10.5 Å². The molecular weight excluding hydrogens is 408 g/mol. The summed E-state index contributed by atoms with van der Waals surface area (Å²) in [4.78, 5) is 28.9. The number of nitrogens with zero attached hydrogens (tertiary/aromatic N) is 2. The Hall–Kier alpha value is -3.39. The van der Waals surface area contributed by atoms with E-state index in [0.717, 1.165) is 31.4 Å². The molecule has 0 saturated carbocycles. The van der Waals surface area contributed by atoms with Gasteiger partial charge in [0.05, 0.1) is 6.54 Å². The predicted molar refractivity (Wildman–Crippen MR) is 121 cm³/mol. The summed E-state index contributed by atoms with van der Waals surface area (Å²) in [6.07, 6.45) is 1.97. The van der Waals surface area contributed by atoms with Gasteiger partial charge in [-0.25, -0.2) is 4.79 Å². The van der Waals surface area contributed by atoms with Gasteiger partial charge in [-0.3, -0.25) is 20.0 Å². The average Bonchev–Trinajstić information content (AvgIpc) is 3.18. The first-order chi connectivity index (χ1) is 15.5. The lowest BCUT2D eigenvalue weighted by molar-refractivity contribution is -0.153. The molecule has 2 unspecified atom stereocenters. The summed E-state index contributed by atoms with van der Waals surface area (Å²) in [6.45, 7) is 1.92. The van der Waals surface area contributed by atoms with Crippen molar-refractivity contribution >= 4 is 23.6 Å². The molecule has 2 fully saturated rings. The van der Waals surface area contributed by atoms with E-state index in [4.69, 9.17) is 20.6 Å². The minimum atomic E-state index is -0.411. The van der Waals surface area contributed by atoms with Crippen molar-refractivity contribution in [2.24, 2.45) is 5.73 Å². The van der Waals surface area contributed by atoms with Gasteiger partial charge in [0.2, 0.25) is 0 Å². The molecule has 2 aliphatic heterocycles. The van der Waals surface area contributed by atoms with Crippen molar-refractivity contribution in [2.45, 2.75) is 38.0 Å². The number of rotatable bonds is 7. The van der Waals surface area contributed by atoms with Crippen LogP contribution in [0.3, 0.4) is 0 Å². The number of carbonyl (C=O) groups excluding carboxylic acids is 2. The van der Waals surface area contributed by atoms with Crippen LogP contribution < -0.4 is 10.6 Å². The Labute approximate surface area is 187 Å². The first-order valence-corrected chi connectivity index (χ1v) is 10.9. The minimum absolute atomic E-state index is 0.0197. The molecule has 2 aliphatic rings. The fraction of sp³-hybridized carbons (Fsp3) is 0.375. The summed E-state index contributed by atoms with van der Waals surface area (Å²) in [7, 11) is 0. The molecule has 0 radical (unpaired) electrons. The Kier molecular flexibility index (Phi) is 6.70. The fourth-order valence-corrected chi connectivity index (χ4v) is 4.21. The molecular formula is C24H28N4O4. The predicted octanol–water partition coefficient (Wildman–Crippen LogP) is 2.89. The number of esters is 1. The highest BCUT2D eigenvalue weighted by Gasteiger charge is 2.37. The number of amides is 1. The molecule has 1 amide bonds. The number of likely N-dealkylation sites (tertiary alicyclic amines) is 1. The fourth-order valence-electron chi connectivity index (χ4n) is 4.21. The molecule has 0 aliphatic carbocycles. The van der Waals surface area contributed by atoms with Crippen LogP contribution in [-0.4, -0.2) is 54.6 Å². The molecule has 4 rings (SSSR count). The molecule has 8 heteroatoms. The molecule has 3 N–H and O–H groups in total. The number of piperidine rings is 1. The maximum atomic E-state index is 12.8. The molecule has 32 heavy (non-hydrogen) atoms. The zero-order valence-electron chi connectivity index (χ0n) is 17.9. The highest BCUT2D eigenvalue weighted by Crippen LogP contribution is 2.25. The normalized spacial score (nSPS) is 21.2. The second-order valence-corrected chi connectivity index (χ2v) is 8.18. The zero-order valence-corrected chi connectivity index (χ0v) is 17.9. The number of amidine groups is 1. The minimum Gasteiger partial charge on any atom is -0.460 e. The standard InChI is InChI=1S/C24H28N4O4/c25-22(26)18-9-11-19(12-10-18)28-15-20(32-24(28)30)14-27-13-5-4-8-21(27)23(29)31-16-17-6-2-1-3-7-17/h1-3,6-7,9-12,20-21H,4-5,8,13-16H2,(H3,25,26). The van der Waals surface area contributed by atoms with Crippen LogP contribution in [0.2, 0.25) is 0 Å². The van der Waals surface area contributed by atoms with Crippen molar-refractivity contribution < 1.29 is 19.1 Å². The second kappa shape index (κ2) is 9.82. The van der Waals surface area contributed by atoms with Crippen molar-refractivity contribution in [3.8, 4) is 0 Å². The third-order valence-corrected chi connectivity index (χ3v) is 5.91. The van der Waals surface area contributed by atoms with Gasteiger partial charge in [0.25, 0.3) is 0 Å². The van der Waals surface area contributed by atoms with E-state index in [-0.39, 0.29) is 30.6 Å². The number of anilines is 1. The summed E-state index contributed by atoms with van der Waals surface area (Å²) >= 11 is 0. The monoisotopic (exact) mass is 436 g/mol. The number of benzene rings is 2. The third kappa shape index (κ3) is 5.08. The molecule has 2 atom stereocenters.